The molecule has 0 saturated heterocycles. The molecule has 2 aromatic rings. The summed E-state index contributed by atoms with van der Waals surface area (Å²) in [4.78, 5) is 11.1. The standard InChI is InChI=1S/C16H16O2/c1-11(17)12(2)18-13(3)15-10-6-8-14-7-4-5-9-16(14)15/h4-10,13H,2H2,1,3H3/t13-/m1/s1. The molecule has 0 aromatic heterocycles. The quantitative estimate of drug-likeness (QED) is 0.596. The van der Waals surface area contributed by atoms with E-state index in [1.165, 1.54) is 12.3 Å². The van der Waals surface area contributed by atoms with E-state index in [-0.39, 0.29) is 17.6 Å². The maximum absolute atomic E-state index is 11.1. The van der Waals surface area contributed by atoms with Crippen LogP contribution >= 0.6 is 0 Å². The zero-order chi connectivity index (χ0) is 13.1. The van der Waals surface area contributed by atoms with Crippen LogP contribution in [0.15, 0.2) is 54.8 Å². The molecule has 0 amide bonds. The van der Waals surface area contributed by atoms with E-state index >= 15 is 0 Å². The van der Waals surface area contributed by atoms with Crippen LogP contribution in [-0.2, 0) is 9.53 Å². The lowest BCUT2D eigenvalue weighted by Gasteiger charge is -2.17. The largest absolute Gasteiger partial charge is 0.483 e. The summed E-state index contributed by atoms with van der Waals surface area (Å²) in [7, 11) is 0. The number of fused-ring (bicyclic) bond motifs is 1. The molecule has 0 aliphatic heterocycles. The Balaban J connectivity index is 2.36. The Kier molecular flexibility index (Phi) is 3.47. The summed E-state index contributed by atoms with van der Waals surface area (Å²) >= 11 is 0. The maximum Gasteiger partial charge on any atom is 0.193 e. The number of rotatable bonds is 4. The molecule has 0 unspecified atom stereocenters. The smallest absolute Gasteiger partial charge is 0.193 e. The third-order valence-electron chi connectivity index (χ3n) is 2.97. The molecule has 92 valence electrons. The average molecular weight is 240 g/mol. The van der Waals surface area contributed by atoms with Crippen LogP contribution < -0.4 is 0 Å². The van der Waals surface area contributed by atoms with Gasteiger partial charge in [0.25, 0.3) is 0 Å². The van der Waals surface area contributed by atoms with Crippen molar-refractivity contribution in [2.75, 3.05) is 0 Å². The first-order chi connectivity index (χ1) is 8.59. The van der Waals surface area contributed by atoms with Gasteiger partial charge in [-0.2, -0.15) is 0 Å². The van der Waals surface area contributed by atoms with E-state index in [1.54, 1.807) is 0 Å². The molecular formula is C16H16O2. The molecule has 1 atom stereocenters. The summed E-state index contributed by atoms with van der Waals surface area (Å²) in [5.74, 6) is 0.0671. The van der Waals surface area contributed by atoms with E-state index < -0.39 is 0 Å². The van der Waals surface area contributed by atoms with E-state index in [4.69, 9.17) is 4.74 Å². The third-order valence-corrected chi connectivity index (χ3v) is 2.97. The number of ketones is 1. The molecule has 0 aliphatic rings. The lowest BCUT2D eigenvalue weighted by molar-refractivity contribution is -0.117. The Labute approximate surface area is 107 Å². The molecule has 2 nitrogen and oxygen atoms in total. The molecule has 0 bridgehead atoms. The minimum absolute atomic E-state index is 0.137. The summed E-state index contributed by atoms with van der Waals surface area (Å²) in [5, 5.41) is 2.31. The number of allylic oxidation sites excluding steroid dienone is 1. The lowest BCUT2D eigenvalue weighted by Crippen LogP contribution is -2.05. The number of carbonyl (C=O) groups excluding carboxylic acids is 1. The van der Waals surface area contributed by atoms with Crippen molar-refractivity contribution in [3.05, 3.63) is 60.4 Å². The molecule has 0 radical (unpaired) electrons. The third kappa shape index (κ3) is 2.43. The van der Waals surface area contributed by atoms with Crippen LogP contribution in [0.2, 0.25) is 0 Å². The van der Waals surface area contributed by atoms with Crippen molar-refractivity contribution < 1.29 is 9.53 Å². The molecule has 0 N–H and O–H groups in total. The van der Waals surface area contributed by atoms with Gasteiger partial charge >= 0.3 is 0 Å². The van der Waals surface area contributed by atoms with Crippen molar-refractivity contribution in [2.24, 2.45) is 0 Å². The number of hydrogen-bond acceptors (Lipinski definition) is 2. The first kappa shape index (κ1) is 12.4. The number of benzene rings is 2. The highest BCUT2D eigenvalue weighted by molar-refractivity contribution is 5.90. The second-order valence-corrected chi connectivity index (χ2v) is 4.31. The predicted molar refractivity (Wildman–Crippen MR) is 73.3 cm³/mol. The van der Waals surface area contributed by atoms with Crippen molar-refractivity contribution in [2.45, 2.75) is 20.0 Å². The zero-order valence-corrected chi connectivity index (χ0v) is 10.6. The minimum Gasteiger partial charge on any atom is -0.483 e. The molecule has 2 rings (SSSR count). The van der Waals surface area contributed by atoms with Crippen LogP contribution in [0.25, 0.3) is 10.8 Å². The van der Waals surface area contributed by atoms with Crippen LogP contribution in [0.5, 0.6) is 0 Å². The van der Waals surface area contributed by atoms with Gasteiger partial charge < -0.3 is 4.74 Å². The number of hydrogen-bond donors (Lipinski definition) is 0. The van der Waals surface area contributed by atoms with Crippen LogP contribution in [0.1, 0.15) is 25.5 Å². The van der Waals surface area contributed by atoms with Crippen LogP contribution in [0.4, 0.5) is 0 Å². The molecule has 0 spiro atoms. The van der Waals surface area contributed by atoms with Gasteiger partial charge in [-0.05, 0) is 23.3 Å². The SMILES string of the molecule is C=C(O[C@H](C)c1cccc2ccccc12)C(C)=O. The van der Waals surface area contributed by atoms with Gasteiger partial charge in [0.15, 0.2) is 11.5 Å². The average Bonchev–Trinajstić information content (AvgIpc) is 2.37. The predicted octanol–water partition coefficient (Wildman–Crippen LogP) is 4.02. The van der Waals surface area contributed by atoms with Crippen LogP contribution in [-0.4, -0.2) is 5.78 Å². The van der Waals surface area contributed by atoms with Gasteiger partial charge in [-0.3, -0.25) is 4.79 Å². The van der Waals surface area contributed by atoms with E-state index in [1.807, 2.05) is 31.2 Å². The highest BCUT2D eigenvalue weighted by Crippen LogP contribution is 2.27. The van der Waals surface area contributed by atoms with Crippen molar-refractivity contribution >= 4 is 16.6 Å². The minimum atomic E-state index is -0.188. The lowest BCUT2D eigenvalue weighted by atomic mass is 10.0. The molecule has 0 heterocycles. The van der Waals surface area contributed by atoms with Gasteiger partial charge in [-0.1, -0.05) is 49.0 Å². The summed E-state index contributed by atoms with van der Waals surface area (Å²) < 4.78 is 5.56. The van der Waals surface area contributed by atoms with Crippen molar-refractivity contribution in [3.8, 4) is 0 Å². The zero-order valence-electron chi connectivity index (χ0n) is 10.6. The van der Waals surface area contributed by atoms with Gasteiger partial charge in [-0.25, -0.2) is 0 Å². The van der Waals surface area contributed by atoms with Gasteiger partial charge in [0.1, 0.15) is 6.10 Å². The summed E-state index contributed by atoms with van der Waals surface area (Å²) in [6.45, 7) is 7.01. The fourth-order valence-corrected chi connectivity index (χ4v) is 1.96. The first-order valence-corrected chi connectivity index (χ1v) is 5.93. The van der Waals surface area contributed by atoms with Gasteiger partial charge in [0.2, 0.25) is 0 Å². The Morgan fingerprint density at radius 2 is 1.83 bits per heavy atom. The van der Waals surface area contributed by atoms with Crippen LogP contribution in [0, 0.1) is 0 Å². The van der Waals surface area contributed by atoms with E-state index in [0.717, 1.165) is 10.9 Å². The topological polar surface area (TPSA) is 26.3 Å². The highest BCUT2D eigenvalue weighted by atomic mass is 16.5. The second-order valence-electron chi connectivity index (χ2n) is 4.31. The molecule has 0 saturated carbocycles. The fourth-order valence-electron chi connectivity index (χ4n) is 1.96. The number of carbonyl (C=O) groups is 1. The Morgan fingerprint density at radius 1 is 1.17 bits per heavy atom. The molecule has 18 heavy (non-hydrogen) atoms. The molecular weight excluding hydrogens is 224 g/mol. The fraction of sp³-hybridized carbons (Fsp3) is 0.188. The molecule has 0 aliphatic carbocycles. The first-order valence-electron chi connectivity index (χ1n) is 5.93. The second kappa shape index (κ2) is 5.05. The van der Waals surface area contributed by atoms with Crippen molar-refractivity contribution in [3.63, 3.8) is 0 Å². The molecule has 2 heteroatoms. The van der Waals surface area contributed by atoms with Crippen LogP contribution in [0.3, 0.4) is 0 Å². The Morgan fingerprint density at radius 3 is 2.56 bits per heavy atom. The van der Waals surface area contributed by atoms with Crippen molar-refractivity contribution in [1.29, 1.82) is 0 Å². The summed E-state index contributed by atoms with van der Waals surface area (Å²) in [6.07, 6.45) is -0.188. The van der Waals surface area contributed by atoms with E-state index in [2.05, 4.69) is 24.8 Å². The Hall–Kier alpha value is -2.09. The monoisotopic (exact) mass is 240 g/mol. The normalized spacial score (nSPS) is 12.1. The highest BCUT2D eigenvalue weighted by Gasteiger charge is 2.12. The number of ether oxygens (including phenoxy) is 1. The summed E-state index contributed by atoms with van der Waals surface area (Å²) in [5.41, 5.74) is 1.07. The maximum atomic E-state index is 11.1. The van der Waals surface area contributed by atoms with E-state index in [0.29, 0.717) is 0 Å². The van der Waals surface area contributed by atoms with E-state index in [9.17, 15) is 4.79 Å². The molecule has 0 fully saturated rings. The van der Waals surface area contributed by atoms with Crippen molar-refractivity contribution in [1.82, 2.24) is 0 Å². The molecule has 2 aromatic carbocycles. The van der Waals surface area contributed by atoms with Gasteiger partial charge in [-0.15, -0.1) is 0 Å². The van der Waals surface area contributed by atoms with Gasteiger partial charge in [0, 0.05) is 6.92 Å². The summed E-state index contributed by atoms with van der Waals surface area (Å²) in [6, 6.07) is 14.2. The number of Topliss-reactive ketones (excluding diaryl/α,β-unsaturated/α-hetero) is 1. The van der Waals surface area contributed by atoms with Gasteiger partial charge in [0.05, 0.1) is 0 Å². The Bertz CT molecular complexity index is 594.